The van der Waals surface area contributed by atoms with Crippen LogP contribution in [0, 0.1) is 0 Å². The summed E-state index contributed by atoms with van der Waals surface area (Å²) < 4.78 is 1.62. The summed E-state index contributed by atoms with van der Waals surface area (Å²) in [6.07, 6.45) is 4.75. The molecule has 0 aliphatic carbocycles. The summed E-state index contributed by atoms with van der Waals surface area (Å²) >= 11 is 0. The standard InChI is InChI=1S/C23H24N4O3/c1-16(11-12-17-7-4-3-5-8-17)25-22(29)23(30)26-19-10-6-9-18(15-19)20(28)21-24-13-14-27(21)2/h3-10,13-16H,11-12H2,1-2H3,(H,25,29)(H,26,30)/t16-/m0/s1. The summed E-state index contributed by atoms with van der Waals surface area (Å²) in [5.41, 5.74) is 1.92. The Hall–Kier alpha value is -3.74. The number of benzene rings is 2. The lowest BCUT2D eigenvalue weighted by Crippen LogP contribution is -2.40. The summed E-state index contributed by atoms with van der Waals surface area (Å²) in [5, 5.41) is 5.25. The van der Waals surface area contributed by atoms with E-state index < -0.39 is 11.8 Å². The summed E-state index contributed by atoms with van der Waals surface area (Å²) in [6, 6.07) is 16.2. The molecule has 0 bridgehead atoms. The van der Waals surface area contributed by atoms with Gasteiger partial charge in [-0.25, -0.2) is 4.98 Å². The largest absolute Gasteiger partial charge is 0.345 e. The number of anilines is 1. The van der Waals surface area contributed by atoms with Gasteiger partial charge in [-0.05, 0) is 37.5 Å². The Bertz CT molecular complexity index is 1040. The zero-order valence-corrected chi connectivity index (χ0v) is 17.0. The Morgan fingerprint density at radius 3 is 2.50 bits per heavy atom. The van der Waals surface area contributed by atoms with Crippen LogP contribution in [0.3, 0.4) is 0 Å². The first-order chi connectivity index (χ1) is 14.4. The molecular formula is C23H24N4O3. The van der Waals surface area contributed by atoms with E-state index in [1.165, 1.54) is 11.6 Å². The molecule has 3 rings (SSSR count). The molecule has 7 heteroatoms. The van der Waals surface area contributed by atoms with Gasteiger partial charge >= 0.3 is 11.8 Å². The maximum absolute atomic E-state index is 12.6. The third kappa shape index (κ3) is 5.41. The minimum absolute atomic E-state index is 0.153. The van der Waals surface area contributed by atoms with Gasteiger partial charge in [-0.2, -0.15) is 0 Å². The first-order valence-corrected chi connectivity index (χ1v) is 9.72. The van der Waals surface area contributed by atoms with E-state index in [1.807, 2.05) is 37.3 Å². The number of aromatic nitrogens is 2. The number of aryl methyl sites for hydroxylation is 2. The Labute approximate surface area is 175 Å². The smallest absolute Gasteiger partial charge is 0.313 e. The highest BCUT2D eigenvalue weighted by molar-refractivity contribution is 6.39. The van der Waals surface area contributed by atoms with Gasteiger partial charge in [-0.15, -0.1) is 0 Å². The first-order valence-electron chi connectivity index (χ1n) is 9.72. The molecule has 0 saturated carbocycles. The van der Waals surface area contributed by atoms with Gasteiger partial charge in [0.15, 0.2) is 5.82 Å². The zero-order chi connectivity index (χ0) is 21.5. The molecule has 0 unspecified atom stereocenters. The number of nitrogens with zero attached hydrogens (tertiary/aromatic N) is 2. The molecule has 1 aromatic heterocycles. The maximum atomic E-state index is 12.6. The van der Waals surface area contributed by atoms with Crippen molar-refractivity contribution in [3.63, 3.8) is 0 Å². The van der Waals surface area contributed by atoms with Gasteiger partial charge in [0.25, 0.3) is 0 Å². The molecule has 2 amide bonds. The highest BCUT2D eigenvalue weighted by Gasteiger charge is 2.18. The molecule has 2 N–H and O–H groups in total. The zero-order valence-electron chi connectivity index (χ0n) is 17.0. The van der Waals surface area contributed by atoms with Gasteiger partial charge < -0.3 is 15.2 Å². The molecule has 0 saturated heterocycles. The van der Waals surface area contributed by atoms with Crippen molar-refractivity contribution in [3.8, 4) is 0 Å². The quantitative estimate of drug-likeness (QED) is 0.468. The van der Waals surface area contributed by atoms with Crippen molar-refractivity contribution < 1.29 is 14.4 Å². The molecule has 0 aliphatic rings. The average molecular weight is 404 g/mol. The molecule has 30 heavy (non-hydrogen) atoms. The van der Waals surface area contributed by atoms with Gasteiger partial charge in [0.05, 0.1) is 0 Å². The molecule has 2 aromatic carbocycles. The molecule has 3 aromatic rings. The van der Waals surface area contributed by atoms with Gasteiger partial charge in [-0.1, -0.05) is 42.5 Å². The Morgan fingerprint density at radius 2 is 1.80 bits per heavy atom. The SMILES string of the molecule is C[C@@H](CCc1ccccc1)NC(=O)C(=O)Nc1cccc(C(=O)c2nccn2C)c1. The molecule has 0 fully saturated rings. The first kappa shape index (κ1) is 21.0. The number of hydrogen-bond acceptors (Lipinski definition) is 4. The molecular weight excluding hydrogens is 380 g/mol. The average Bonchev–Trinajstić information content (AvgIpc) is 3.18. The van der Waals surface area contributed by atoms with Crippen molar-refractivity contribution in [2.45, 2.75) is 25.8 Å². The Balaban J connectivity index is 1.55. The van der Waals surface area contributed by atoms with Crippen LogP contribution in [-0.2, 0) is 23.1 Å². The lowest BCUT2D eigenvalue weighted by molar-refractivity contribution is -0.136. The Morgan fingerprint density at radius 1 is 1.03 bits per heavy atom. The minimum Gasteiger partial charge on any atom is -0.345 e. The summed E-state index contributed by atoms with van der Waals surface area (Å²) in [5.74, 6) is -1.46. The molecule has 0 aliphatic heterocycles. The molecule has 0 radical (unpaired) electrons. The number of carbonyl (C=O) groups is 3. The number of ketones is 1. The van der Waals surface area contributed by atoms with Crippen molar-refractivity contribution in [2.24, 2.45) is 7.05 Å². The minimum atomic E-state index is -0.775. The third-order valence-corrected chi connectivity index (χ3v) is 4.70. The predicted molar refractivity (Wildman–Crippen MR) is 114 cm³/mol. The van der Waals surface area contributed by atoms with Crippen molar-refractivity contribution in [1.82, 2.24) is 14.9 Å². The summed E-state index contributed by atoms with van der Waals surface area (Å²) in [4.78, 5) is 41.1. The fourth-order valence-electron chi connectivity index (χ4n) is 3.03. The van der Waals surface area contributed by atoms with E-state index in [-0.39, 0.29) is 11.8 Å². The summed E-state index contributed by atoms with van der Waals surface area (Å²) in [6.45, 7) is 1.86. The van der Waals surface area contributed by atoms with Crippen LogP contribution < -0.4 is 10.6 Å². The number of imidazole rings is 1. The Kier molecular flexibility index (Phi) is 6.75. The molecule has 0 spiro atoms. The summed E-state index contributed by atoms with van der Waals surface area (Å²) in [7, 11) is 1.73. The highest BCUT2D eigenvalue weighted by atomic mass is 16.2. The second kappa shape index (κ2) is 9.65. The van der Waals surface area contributed by atoms with Crippen molar-refractivity contribution in [2.75, 3.05) is 5.32 Å². The molecule has 1 atom stereocenters. The normalized spacial score (nSPS) is 11.5. The van der Waals surface area contributed by atoms with Gasteiger partial charge in [0.1, 0.15) is 0 Å². The van der Waals surface area contributed by atoms with Crippen LogP contribution in [0.15, 0.2) is 67.0 Å². The van der Waals surface area contributed by atoms with E-state index in [0.717, 1.165) is 12.8 Å². The van der Waals surface area contributed by atoms with Gasteiger partial charge in [-0.3, -0.25) is 14.4 Å². The predicted octanol–water partition coefficient (Wildman–Crippen LogP) is 2.73. The van der Waals surface area contributed by atoms with Gasteiger partial charge in [0, 0.05) is 36.7 Å². The number of rotatable bonds is 7. The lowest BCUT2D eigenvalue weighted by atomic mass is 10.1. The highest BCUT2D eigenvalue weighted by Crippen LogP contribution is 2.14. The van der Waals surface area contributed by atoms with Crippen molar-refractivity contribution in [3.05, 3.63) is 83.9 Å². The van der Waals surface area contributed by atoms with Crippen LogP contribution in [0.4, 0.5) is 5.69 Å². The van der Waals surface area contributed by atoms with Crippen LogP contribution in [0.5, 0.6) is 0 Å². The molecule has 7 nitrogen and oxygen atoms in total. The van der Waals surface area contributed by atoms with E-state index in [0.29, 0.717) is 17.1 Å². The van der Waals surface area contributed by atoms with E-state index in [2.05, 4.69) is 15.6 Å². The maximum Gasteiger partial charge on any atom is 0.313 e. The third-order valence-electron chi connectivity index (χ3n) is 4.70. The topological polar surface area (TPSA) is 93.1 Å². The van der Waals surface area contributed by atoms with Crippen LogP contribution in [-0.4, -0.2) is 33.2 Å². The number of nitrogens with one attached hydrogen (secondary N) is 2. The van der Waals surface area contributed by atoms with Gasteiger partial charge in [0.2, 0.25) is 5.78 Å². The second-order valence-corrected chi connectivity index (χ2v) is 7.12. The van der Waals surface area contributed by atoms with Crippen LogP contribution in [0.25, 0.3) is 0 Å². The van der Waals surface area contributed by atoms with Crippen molar-refractivity contribution >= 4 is 23.3 Å². The van der Waals surface area contributed by atoms with Crippen LogP contribution in [0.2, 0.25) is 0 Å². The molecule has 154 valence electrons. The van der Waals surface area contributed by atoms with E-state index >= 15 is 0 Å². The van der Waals surface area contributed by atoms with Crippen LogP contribution in [0.1, 0.15) is 35.1 Å². The second-order valence-electron chi connectivity index (χ2n) is 7.12. The van der Waals surface area contributed by atoms with E-state index in [9.17, 15) is 14.4 Å². The van der Waals surface area contributed by atoms with E-state index in [4.69, 9.17) is 0 Å². The number of carbonyl (C=O) groups excluding carboxylic acids is 3. The number of hydrogen-bond donors (Lipinski definition) is 2. The fourth-order valence-corrected chi connectivity index (χ4v) is 3.03. The van der Waals surface area contributed by atoms with Crippen molar-refractivity contribution in [1.29, 1.82) is 0 Å². The molecule has 1 heterocycles. The monoisotopic (exact) mass is 404 g/mol. The lowest BCUT2D eigenvalue weighted by Gasteiger charge is -2.14. The number of amides is 2. The van der Waals surface area contributed by atoms with E-state index in [1.54, 1.807) is 42.2 Å². The van der Waals surface area contributed by atoms with Crippen LogP contribution >= 0.6 is 0 Å². The fraction of sp³-hybridized carbons (Fsp3) is 0.217.